The fourth-order valence-corrected chi connectivity index (χ4v) is 3.80. The molecule has 1 aliphatic heterocycles. The molecule has 0 aliphatic carbocycles. The summed E-state index contributed by atoms with van der Waals surface area (Å²) >= 11 is 0. The number of pyridine rings is 1. The van der Waals surface area contributed by atoms with Crippen LogP contribution in [-0.2, 0) is 18.4 Å². The lowest BCUT2D eigenvalue weighted by molar-refractivity contribution is -0.118. The van der Waals surface area contributed by atoms with E-state index in [1.807, 2.05) is 75.9 Å². The number of aryl methyl sites for hydroxylation is 2. The van der Waals surface area contributed by atoms with Gasteiger partial charge in [-0.1, -0.05) is 6.07 Å². The fraction of sp³-hybridized carbons (Fsp3) is 0.292. The van der Waals surface area contributed by atoms with Gasteiger partial charge in [-0.2, -0.15) is 5.10 Å². The summed E-state index contributed by atoms with van der Waals surface area (Å²) < 4.78 is 7.37. The normalized spacial score (nSPS) is 16.4. The van der Waals surface area contributed by atoms with Gasteiger partial charge >= 0.3 is 0 Å². The van der Waals surface area contributed by atoms with E-state index in [0.717, 1.165) is 33.8 Å². The molecule has 1 N–H and O–H groups in total. The first kappa shape index (κ1) is 20.8. The van der Waals surface area contributed by atoms with Gasteiger partial charge in [-0.3, -0.25) is 19.4 Å². The Hall–Kier alpha value is -3.45. The molecule has 0 saturated heterocycles. The van der Waals surface area contributed by atoms with E-state index in [0.29, 0.717) is 19.6 Å². The molecule has 1 atom stereocenters. The van der Waals surface area contributed by atoms with Gasteiger partial charge in [0.05, 0.1) is 24.2 Å². The number of nitrogens with zero attached hydrogens (tertiary/aromatic N) is 4. The Kier molecular flexibility index (Phi) is 6.13. The number of carbonyl (C=O) groups is 1. The third-order valence-corrected chi connectivity index (χ3v) is 5.32. The molecule has 3 aromatic rings. The Bertz CT molecular complexity index is 1090. The van der Waals surface area contributed by atoms with Crippen molar-refractivity contribution >= 4 is 17.2 Å². The number of nitrogens with one attached hydrogen (secondary N) is 1. The number of carbonyl (C=O) groups excluding carboxylic acids is 1. The van der Waals surface area contributed by atoms with Gasteiger partial charge in [0.1, 0.15) is 5.75 Å². The van der Waals surface area contributed by atoms with E-state index in [4.69, 9.17) is 4.74 Å². The predicted molar refractivity (Wildman–Crippen MR) is 121 cm³/mol. The fourth-order valence-electron chi connectivity index (χ4n) is 3.80. The molecule has 4 rings (SSSR count). The van der Waals surface area contributed by atoms with Gasteiger partial charge in [0.15, 0.2) is 0 Å². The van der Waals surface area contributed by atoms with Gasteiger partial charge < -0.3 is 10.1 Å². The van der Waals surface area contributed by atoms with E-state index in [-0.39, 0.29) is 11.9 Å². The summed E-state index contributed by atoms with van der Waals surface area (Å²) in [6.07, 6.45) is 7.86. The highest BCUT2D eigenvalue weighted by Gasteiger charge is 2.30. The molecule has 1 aliphatic rings. The molecule has 3 heterocycles. The van der Waals surface area contributed by atoms with Crippen LogP contribution >= 0.6 is 0 Å². The van der Waals surface area contributed by atoms with Crippen LogP contribution in [0.3, 0.4) is 0 Å². The van der Waals surface area contributed by atoms with Gasteiger partial charge in [-0.15, -0.1) is 0 Å². The number of hydrogen-bond acceptors (Lipinski definition) is 5. The smallest absolute Gasteiger partial charge is 0.232 e. The van der Waals surface area contributed by atoms with Gasteiger partial charge in [-0.05, 0) is 55.3 Å². The van der Waals surface area contributed by atoms with Crippen molar-refractivity contribution in [2.75, 3.05) is 11.5 Å². The molecular weight excluding hydrogens is 390 g/mol. The molecule has 0 bridgehead atoms. The number of aromatic nitrogens is 3. The van der Waals surface area contributed by atoms with E-state index in [1.54, 1.807) is 15.8 Å². The molecule has 7 heteroatoms. The molecule has 31 heavy (non-hydrogen) atoms. The van der Waals surface area contributed by atoms with Crippen molar-refractivity contribution in [1.82, 2.24) is 20.1 Å². The van der Waals surface area contributed by atoms with Crippen molar-refractivity contribution in [3.63, 3.8) is 0 Å². The molecule has 2 aromatic heterocycles. The van der Waals surface area contributed by atoms with Crippen molar-refractivity contribution in [1.29, 1.82) is 0 Å². The Labute approximate surface area is 182 Å². The summed E-state index contributed by atoms with van der Waals surface area (Å²) in [6, 6.07) is 11.5. The topological polar surface area (TPSA) is 72.3 Å². The first-order valence-electron chi connectivity index (χ1n) is 10.4. The lowest BCUT2D eigenvalue weighted by atomic mass is 9.94. The predicted octanol–water partition coefficient (Wildman–Crippen LogP) is 3.46. The van der Waals surface area contributed by atoms with Crippen LogP contribution in [0.1, 0.15) is 30.2 Å². The minimum atomic E-state index is -0.127. The van der Waals surface area contributed by atoms with Crippen molar-refractivity contribution in [2.45, 2.75) is 32.9 Å². The maximum absolute atomic E-state index is 13.1. The standard InChI is InChI=1S/C24H27N5O2/c1-4-31-20-8-9-23(17(2)11-20)29-16-21(18-13-27-28(3)15-18)22(12-24(29)30)26-14-19-7-5-6-10-25-19/h5-11,13,15-16,22,26H,4,12,14H2,1-3H3. The molecule has 0 saturated carbocycles. The zero-order valence-corrected chi connectivity index (χ0v) is 18.1. The number of ether oxygens (including phenoxy) is 1. The minimum Gasteiger partial charge on any atom is -0.494 e. The molecule has 0 fully saturated rings. The second kappa shape index (κ2) is 9.14. The maximum Gasteiger partial charge on any atom is 0.232 e. The van der Waals surface area contributed by atoms with Crippen molar-refractivity contribution in [3.05, 3.63) is 78.0 Å². The first-order chi connectivity index (χ1) is 15.0. The highest BCUT2D eigenvalue weighted by molar-refractivity contribution is 6.01. The quantitative estimate of drug-likeness (QED) is 0.637. The second-order valence-electron chi connectivity index (χ2n) is 7.59. The highest BCUT2D eigenvalue weighted by atomic mass is 16.5. The lowest BCUT2D eigenvalue weighted by Gasteiger charge is -2.32. The summed E-state index contributed by atoms with van der Waals surface area (Å²) in [7, 11) is 1.89. The minimum absolute atomic E-state index is 0.0402. The number of rotatable bonds is 7. The maximum atomic E-state index is 13.1. The summed E-state index contributed by atoms with van der Waals surface area (Å²) in [5, 5.41) is 7.83. The first-order valence-corrected chi connectivity index (χ1v) is 10.4. The molecule has 1 aromatic carbocycles. The van der Waals surface area contributed by atoms with E-state index in [2.05, 4.69) is 15.4 Å². The van der Waals surface area contributed by atoms with Crippen LogP contribution in [-0.4, -0.2) is 33.3 Å². The Balaban J connectivity index is 1.66. The average Bonchev–Trinajstić information content (AvgIpc) is 3.20. The summed E-state index contributed by atoms with van der Waals surface area (Å²) in [5.74, 6) is 0.845. The Morgan fingerprint density at radius 3 is 2.81 bits per heavy atom. The van der Waals surface area contributed by atoms with E-state index >= 15 is 0 Å². The van der Waals surface area contributed by atoms with Crippen LogP contribution in [0.5, 0.6) is 5.75 Å². The molecular formula is C24H27N5O2. The zero-order chi connectivity index (χ0) is 21.8. The van der Waals surface area contributed by atoms with Gasteiger partial charge in [0, 0.05) is 50.2 Å². The largest absolute Gasteiger partial charge is 0.494 e. The van der Waals surface area contributed by atoms with Crippen molar-refractivity contribution in [3.8, 4) is 5.75 Å². The third-order valence-electron chi connectivity index (χ3n) is 5.32. The molecule has 0 spiro atoms. The van der Waals surface area contributed by atoms with Gasteiger partial charge in [0.2, 0.25) is 5.91 Å². The third kappa shape index (κ3) is 4.67. The number of amides is 1. The van der Waals surface area contributed by atoms with Crippen LogP contribution in [0.15, 0.2) is 61.2 Å². The van der Waals surface area contributed by atoms with Crippen LogP contribution in [0.4, 0.5) is 5.69 Å². The second-order valence-corrected chi connectivity index (χ2v) is 7.59. The SMILES string of the molecule is CCOc1ccc(N2C=C(c3cnn(C)c3)C(NCc3ccccn3)CC2=O)c(C)c1. The van der Waals surface area contributed by atoms with Crippen LogP contribution in [0.25, 0.3) is 5.57 Å². The van der Waals surface area contributed by atoms with E-state index in [1.165, 1.54) is 0 Å². The molecule has 1 amide bonds. The number of hydrogen-bond donors (Lipinski definition) is 1. The highest BCUT2D eigenvalue weighted by Crippen LogP contribution is 2.32. The van der Waals surface area contributed by atoms with E-state index in [9.17, 15) is 4.79 Å². The number of anilines is 1. The lowest BCUT2D eigenvalue weighted by Crippen LogP contribution is -2.42. The van der Waals surface area contributed by atoms with Crippen LogP contribution in [0, 0.1) is 6.92 Å². The Morgan fingerprint density at radius 2 is 2.13 bits per heavy atom. The Morgan fingerprint density at radius 1 is 1.26 bits per heavy atom. The molecule has 0 radical (unpaired) electrons. The summed E-state index contributed by atoms with van der Waals surface area (Å²) in [5.41, 5.74) is 4.79. The monoisotopic (exact) mass is 417 g/mol. The summed E-state index contributed by atoms with van der Waals surface area (Å²) in [6.45, 7) is 5.14. The van der Waals surface area contributed by atoms with Crippen LogP contribution < -0.4 is 15.0 Å². The van der Waals surface area contributed by atoms with Crippen molar-refractivity contribution in [2.24, 2.45) is 7.05 Å². The van der Waals surface area contributed by atoms with Crippen molar-refractivity contribution < 1.29 is 9.53 Å². The molecule has 1 unspecified atom stereocenters. The average molecular weight is 418 g/mol. The number of benzene rings is 1. The molecule has 160 valence electrons. The summed E-state index contributed by atoms with van der Waals surface area (Å²) in [4.78, 5) is 19.3. The van der Waals surface area contributed by atoms with E-state index < -0.39 is 0 Å². The van der Waals surface area contributed by atoms with Gasteiger partial charge in [-0.25, -0.2) is 0 Å². The zero-order valence-electron chi connectivity index (χ0n) is 18.1. The molecule has 7 nitrogen and oxygen atoms in total. The van der Waals surface area contributed by atoms with Gasteiger partial charge in [0.25, 0.3) is 0 Å². The van der Waals surface area contributed by atoms with Crippen LogP contribution in [0.2, 0.25) is 0 Å².